The molecule has 2 heterocycles. The van der Waals surface area contributed by atoms with Crippen molar-refractivity contribution in [3.63, 3.8) is 0 Å². The Kier molecular flexibility index (Phi) is 5.69. The lowest BCUT2D eigenvalue weighted by Gasteiger charge is -2.39. The predicted octanol–water partition coefficient (Wildman–Crippen LogP) is 3.49. The molecular weight excluding hydrogens is 402 g/mol. The van der Waals surface area contributed by atoms with Gasteiger partial charge in [0.25, 0.3) is 0 Å². The quantitative estimate of drug-likeness (QED) is 0.811. The van der Waals surface area contributed by atoms with E-state index in [1.165, 1.54) is 6.07 Å². The Morgan fingerprint density at radius 3 is 2.71 bits per heavy atom. The van der Waals surface area contributed by atoms with Crippen LogP contribution in [0.15, 0.2) is 36.4 Å². The average Bonchev–Trinajstić information content (AvgIpc) is 3.08. The highest BCUT2D eigenvalue weighted by molar-refractivity contribution is 5.81. The summed E-state index contributed by atoms with van der Waals surface area (Å²) in [6, 6.07) is 9.47. The molecule has 2 fully saturated rings. The van der Waals surface area contributed by atoms with Gasteiger partial charge in [-0.25, -0.2) is 8.78 Å². The second-order valence-corrected chi connectivity index (χ2v) is 8.54. The number of ether oxygens (including phenoxy) is 1. The van der Waals surface area contributed by atoms with Crippen molar-refractivity contribution in [1.29, 1.82) is 0 Å². The molecular formula is C24H26F2N2O3. The van der Waals surface area contributed by atoms with Crippen LogP contribution in [0, 0.1) is 18.6 Å². The van der Waals surface area contributed by atoms with Gasteiger partial charge < -0.3 is 15.0 Å². The number of amides is 2. The number of carbonyl (C=O) groups excluding carboxylic acids is 2. The van der Waals surface area contributed by atoms with Gasteiger partial charge >= 0.3 is 0 Å². The highest BCUT2D eigenvalue weighted by Crippen LogP contribution is 2.41. The third kappa shape index (κ3) is 4.13. The summed E-state index contributed by atoms with van der Waals surface area (Å²) in [4.78, 5) is 27.1. The lowest BCUT2D eigenvalue weighted by Crippen LogP contribution is -2.56. The number of hydrogen-bond acceptors (Lipinski definition) is 3. The molecule has 2 aromatic rings. The van der Waals surface area contributed by atoms with Crippen molar-refractivity contribution >= 4 is 11.8 Å². The number of halogens is 2. The maximum Gasteiger partial charge on any atom is 0.227 e. The van der Waals surface area contributed by atoms with Crippen molar-refractivity contribution in [2.45, 2.75) is 44.1 Å². The van der Waals surface area contributed by atoms with Crippen LogP contribution in [0.4, 0.5) is 8.78 Å². The molecule has 0 radical (unpaired) electrons. The van der Waals surface area contributed by atoms with Crippen LogP contribution in [-0.4, -0.2) is 42.5 Å². The number of benzene rings is 2. The summed E-state index contributed by atoms with van der Waals surface area (Å²) in [6.45, 7) is 2.63. The first kappa shape index (κ1) is 21.3. The topological polar surface area (TPSA) is 58.6 Å². The second-order valence-electron chi connectivity index (χ2n) is 8.54. The molecule has 0 bridgehead atoms. The molecule has 0 aliphatic carbocycles. The molecule has 0 unspecified atom stereocenters. The molecule has 2 aromatic carbocycles. The first-order chi connectivity index (χ1) is 14.8. The monoisotopic (exact) mass is 428 g/mol. The Balaban J connectivity index is 1.59. The number of likely N-dealkylation sites (tertiary alicyclic amines) is 1. The summed E-state index contributed by atoms with van der Waals surface area (Å²) in [5.74, 6) is -1.50. The summed E-state index contributed by atoms with van der Waals surface area (Å²) in [5.41, 5.74) is 1.76. The third-order valence-corrected chi connectivity index (χ3v) is 6.47. The van der Waals surface area contributed by atoms with E-state index in [4.69, 9.17) is 4.74 Å². The normalized spacial score (nSPS) is 23.2. The lowest BCUT2D eigenvalue weighted by atomic mass is 9.76. The van der Waals surface area contributed by atoms with Crippen LogP contribution < -0.4 is 10.1 Å². The maximum absolute atomic E-state index is 14.0. The Morgan fingerprint density at radius 1 is 1.23 bits per heavy atom. The summed E-state index contributed by atoms with van der Waals surface area (Å²) in [7, 11) is 1.60. The highest BCUT2D eigenvalue weighted by atomic mass is 19.2. The summed E-state index contributed by atoms with van der Waals surface area (Å²) < 4.78 is 32.7. The SMILES string of the molecule is COc1ccc(CC(=O)N2C[C@@H](c3ccc(F)c(F)c3)[C@@]3(CCCC(=O)N3)C2)cc1C. The van der Waals surface area contributed by atoms with E-state index in [-0.39, 0.29) is 24.2 Å². The molecule has 164 valence electrons. The van der Waals surface area contributed by atoms with Gasteiger partial charge in [-0.2, -0.15) is 0 Å². The fourth-order valence-corrected chi connectivity index (χ4v) is 4.94. The van der Waals surface area contributed by atoms with E-state index in [0.717, 1.165) is 22.9 Å². The van der Waals surface area contributed by atoms with Crippen molar-refractivity contribution in [2.24, 2.45) is 0 Å². The van der Waals surface area contributed by atoms with Gasteiger partial charge in [-0.1, -0.05) is 18.2 Å². The zero-order chi connectivity index (χ0) is 22.2. The maximum atomic E-state index is 14.0. The molecule has 2 atom stereocenters. The molecule has 2 aliphatic rings. The lowest BCUT2D eigenvalue weighted by molar-refractivity contribution is -0.131. The van der Waals surface area contributed by atoms with Gasteiger partial charge in [0.2, 0.25) is 11.8 Å². The number of nitrogens with zero attached hydrogens (tertiary/aromatic N) is 1. The molecule has 1 N–H and O–H groups in total. The molecule has 7 heteroatoms. The Morgan fingerprint density at radius 2 is 2.03 bits per heavy atom. The smallest absolute Gasteiger partial charge is 0.227 e. The van der Waals surface area contributed by atoms with Gasteiger partial charge in [0.1, 0.15) is 5.75 Å². The molecule has 5 nitrogen and oxygen atoms in total. The number of nitrogens with one attached hydrogen (secondary N) is 1. The minimum Gasteiger partial charge on any atom is -0.496 e. The van der Waals surface area contributed by atoms with Crippen molar-refractivity contribution in [2.75, 3.05) is 20.2 Å². The van der Waals surface area contributed by atoms with E-state index in [2.05, 4.69) is 5.32 Å². The molecule has 2 aliphatic heterocycles. The first-order valence-electron chi connectivity index (χ1n) is 10.5. The van der Waals surface area contributed by atoms with E-state index in [0.29, 0.717) is 37.9 Å². The van der Waals surface area contributed by atoms with Crippen LogP contribution in [0.1, 0.15) is 41.9 Å². The first-order valence-corrected chi connectivity index (χ1v) is 10.5. The van der Waals surface area contributed by atoms with Crippen LogP contribution in [0.5, 0.6) is 5.75 Å². The molecule has 4 rings (SSSR count). The van der Waals surface area contributed by atoms with Crippen molar-refractivity contribution in [3.8, 4) is 5.75 Å². The van der Waals surface area contributed by atoms with Gasteiger partial charge in [0, 0.05) is 25.4 Å². The van der Waals surface area contributed by atoms with E-state index >= 15 is 0 Å². The Hall–Kier alpha value is -2.96. The number of methoxy groups -OCH3 is 1. The van der Waals surface area contributed by atoms with Crippen LogP contribution >= 0.6 is 0 Å². The van der Waals surface area contributed by atoms with Gasteiger partial charge in [-0.3, -0.25) is 9.59 Å². The number of rotatable bonds is 4. The van der Waals surface area contributed by atoms with E-state index in [1.807, 2.05) is 25.1 Å². The van der Waals surface area contributed by atoms with Crippen LogP contribution in [0.25, 0.3) is 0 Å². The van der Waals surface area contributed by atoms with Crippen molar-refractivity contribution in [1.82, 2.24) is 10.2 Å². The minimum atomic E-state index is -0.923. The number of carbonyl (C=O) groups is 2. The third-order valence-electron chi connectivity index (χ3n) is 6.47. The minimum absolute atomic E-state index is 0.0613. The molecule has 0 saturated carbocycles. The molecule has 2 saturated heterocycles. The van der Waals surface area contributed by atoms with Gasteiger partial charge in [-0.05, 0) is 54.7 Å². The standard InChI is InChI=1S/C24H26F2N2O3/c1-15-10-16(5-8-21(15)31-2)11-23(30)28-13-18(17-6-7-19(25)20(26)12-17)24(14-28)9-3-4-22(29)27-24/h5-8,10,12,18H,3-4,9,11,13-14H2,1-2H3,(H,27,29)/t18-,24+/m0/s1. The Bertz CT molecular complexity index is 1030. The average molecular weight is 428 g/mol. The van der Waals surface area contributed by atoms with Crippen molar-refractivity contribution < 1.29 is 23.1 Å². The zero-order valence-corrected chi connectivity index (χ0v) is 17.7. The number of aryl methyl sites for hydroxylation is 1. The second kappa shape index (κ2) is 8.29. The molecule has 2 amide bonds. The summed E-state index contributed by atoms with van der Waals surface area (Å²) in [6.07, 6.45) is 2.05. The fraction of sp³-hybridized carbons (Fsp3) is 0.417. The predicted molar refractivity (Wildman–Crippen MR) is 112 cm³/mol. The number of hydrogen-bond donors (Lipinski definition) is 1. The van der Waals surface area contributed by atoms with Crippen LogP contribution in [0.2, 0.25) is 0 Å². The van der Waals surface area contributed by atoms with Gasteiger partial charge in [-0.15, -0.1) is 0 Å². The van der Waals surface area contributed by atoms with Crippen molar-refractivity contribution in [3.05, 3.63) is 64.7 Å². The zero-order valence-electron chi connectivity index (χ0n) is 17.7. The molecule has 1 spiro atoms. The largest absolute Gasteiger partial charge is 0.496 e. The summed E-state index contributed by atoms with van der Waals surface area (Å²) >= 11 is 0. The molecule has 0 aromatic heterocycles. The van der Waals surface area contributed by atoms with Gasteiger partial charge in [0.15, 0.2) is 11.6 Å². The van der Waals surface area contributed by atoms with E-state index < -0.39 is 17.2 Å². The highest BCUT2D eigenvalue weighted by Gasteiger charge is 2.50. The fourth-order valence-electron chi connectivity index (χ4n) is 4.94. The Labute approximate surface area is 180 Å². The van der Waals surface area contributed by atoms with Gasteiger partial charge in [0.05, 0.1) is 19.1 Å². The molecule has 31 heavy (non-hydrogen) atoms. The van der Waals surface area contributed by atoms with Crippen LogP contribution in [0.3, 0.4) is 0 Å². The summed E-state index contributed by atoms with van der Waals surface area (Å²) in [5, 5.41) is 3.08. The number of piperidine rings is 1. The van der Waals surface area contributed by atoms with E-state index in [1.54, 1.807) is 18.1 Å². The van der Waals surface area contributed by atoms with E-state index in [9.17, 15) is 18.4 Å². The van der Waals surface area contributed by atoms with Crippen LogP contribution in [-0.2, 0) is 16.0 Å².